The lowest BCUT2D eigenvalue weighted by molar-refractivity contribution is -0.117. The average Bonchev–Trinajstić information content (AvgIpc) is 3.32. The van der Waals surface area contributed by atoms with Crippen molar-refractivity contribution in [3.05, 3.63) is 48.5 Å². The van der Waals surface area contributed by atoms with Crippen LogP contribution < -0.4 is 10.1 Å². The van der Waals surface area contributed by atoms with Crippen LogP contribution in [0.3, 0.4) is 0 Å². The average molecular weight is 293 g/mol. The van der Waals surface area contributed by atoms with Crippen LogP contribution in [-0.2, 0) is 4.79 Å². The van der Waals surface area contributed by atoms with Gasteiger partial charge in [-0.25, -0.2) is 0 Å². The number of H-pyrrole nitrogens is 1. The number of carbonyl (C=O) groups excluding carboxylic acids is 1. The SMILES string of the molecule is O=C(Nc1n[nH]c2cc(Oc3ccccc3)ccc12)C1CC1. The van der Waals surface area contributed by atoms with E-state index in [0.29, 0.717) is 5.82 Å². The summed E-state index contributed by atoms with van der Waals surface area (Å²) in [4.78, 5) is 11.8. The van der Waals surface area contributed by atoms with Gasteiger partial charge in [-0.15, -0.1) is 0 Å². The van der Waals surface area contributed by atoms with Gasteiger partial charge in [0, 0.05) is 17.4 Å². The zero-order chi connectivity index (χ0) is 14.9. The second kappa shape index (κ2) is 5.18. The van der Waals surface area contributed by atoms with Crippen LogP contribution in [0.4, 0.5) is 5.82 Å². The van der Waals surface area contributed by atoms with Gasteiger partial charge in [-0.3, -0.25) is 9.89 Å². The fourth-order valence-corrected chi connectivity index (χ4v) is 2.35. The number of carbonyl (C=O) groups is 1. The number of aromatic amines is 1. The molecular formula is C17H15N3O2. The molecule has 0 spiro atoms. The van der Waals surface area contributed by atoms with Gasteiger partial charge in [0.2, 0.25) is 5.91 Å². The van der Waals surface area contributed by atoms with E-state index >= 15 is 0 Å². The van der Waals surface area contributed by atoms with Crippen LogP contribution in [-0.4, -0.2) is 16.1 Å². The van der Waals surface area contributed by atoms with Crippen LogP contribution in [0.15, 0.2) is 48.5 Å². The second-order valence-corrected chi connectivity index (χ2v) is 5.46. The zero-order valence-electron chi connectivity index (χ0n) is 11.9. The number of fused-ring (bicyclic) bond motifs is 1. The summed E-state index contributed by atoms with van der Waals surface area (Å²) < 4.78 is 5.79. The Hall–Kier alpha value is -2.82. The van der Waals surface area contributed by atoms with Crippen LogP contribution in [0.2, 0.25) is 0 Å². The maximum atomic E-state index is 11.8. The molecule has 1 saturated carbocycles. The Morgan fingerprint density at radius 2 is 1.95 bits per heavy atom. The summed E-state index contributed by atoms with van der Waals surface area (Å²) in [6.07, 6.45) is 1.95. The molecule has 0 atom stereocenters. The van der Waals surface area contributed by atoms with Crippen LogP contribution in [0, 0.1) is 5.92 Å². The number of hydrogen-bond donors (Lipinski definition) is 2. The van der Waals surface area contributed by atoms with Crippen molar-refractivity contribution in [3.63, 3.8) is 0 Å². The standard InChI is InChI=1S/C17H15N3O2/c21-17(11-6-7-11)18-16-14-9-8-13(10-15(14)19-20-16)22-12-4-2-1-3-5-12/h1-5,8-11H,6-7H2,(H2,18,19,20,21). The number of aromatic nitrogens is 2. The molecule has 2 aromatic carbocycles. The smallest absolute Gasteiger partial charge is 0.228 e. The van der Waals surface area contributed by atoms with E-state index < -0.39 is 0 Å². The number of benzene rings is 2. The largest absolute Gasteiger partial charge is 0.457 e. The van der Waals surface area contributed by atoms with Gasteiger partial charge in [-0.2, -0.15) is 5.10 Å². The highest BCUT2D eigenvalue weighted by Crippen LogP contribution is 2.32. The predicted octanol–water partition coefficient (Wildman–Crippen LogP) is 3.70. The van der Waals surface area contributed by atoms with E-state index in [1.807, 2.05) is 48.5 Å². The van der Waals surface area contributed by atoms with E-state index in [4.69, 9.17) is 4.74 Å². The van der Waals surface area contributed by atoms with Crippen molar-refractivity contribution in [3.8, 4) is 11.5 Å². The van der Waals surface area contributed by atoms with Gasteiger partial charge in [0.05, 0.1) is 5.52 Å². The van der Waals surface area contributed by atoms with Gasteiger partial charge in [0.1, 0.15) is 11.5 Å². The van der Waals surface area contributed by atoms with Crippen molar-refractivity contribution in [2.75, 3.05) is 5.32 Å². The first kappa shape index (κ1) is 12.9. The van der Waals surface area contributed by atoms with Crippen LogP contribution in [0.25, 0.3) is 10.9 Å². The van der Waals surface area contributed by atoms with Crippen molar-refractivity contribution in [2.45, 2.75) is 12.8 Å². The molecule has 1 amide bonds. The molecule has 1 aromatic heterocycles. The minimum atomic E-state index is 0.0537. The molecule has 1 aliphatic rings. The molecule has 0 saturated heterocycles. The maximum absolute atomic E-state index is 11.8. The molecule has 1 heterocycles. The first-order valence-electron chi connectivity index (χ1n) is 7.31. The third-order valence-corrected chi connectivity index (χ3v) is 3.70. The molecule has 0 bridgehead atoms. The summed E-state index contributed by atoms with van der Waals surface area (Å²) >= 11 is 0. The summed E-state index contributed by atoms with van der Waals surface area (Å²) in [5, 5.41) is 10.9. The Kier molecular flexibility index (Phi) is 3.04. The van der Waals surface area contributed by atoms with Crippen molar-refractivity contribution >= 4 is 22.6 Å². The van der Waals surface area contributed by atoms with Crippen LogP contribution >= 0.6 is 0 Å². The fraction of sp³-hybridized carbons (Fsp3) is 0.176. The highest BCUT2D eigenvalue weighted by molar-refractivity contribution is 6.01. The Balaban J connectivity index is 1.58. The lowest BCUT2D eigenvalue weighted by Crippen LogP contribution is -2.13. The Bertz CT molecular complexity index is 822. The molecule has 4 rings (SSSR count). The monoisotopic (exact) mass is 293 g/mol. The quantitative estimate of drug-likeness (QED) is 0.770. The molecule has 0 aliphatic heterocycles. The van der Waals surface area contributed by atoms with Gasteiger partial charge in [0.25, 0.3) is 0 Å². The van der Waals surface area contributed by atoms with Gasteiger partial charge in [0.15, 0.2) is 5.82 Å². The summed E-state index contributed by atoms with van der Waals surface area (Å²) in [5.41, 5.74) is 0.833. The lowest BCUT2D eigenvalue weighted by Gasteiger charge is -2.05. The highest BCUT2D eigenvalue weighted by Gasteiger charge is 2.30. The third kappa shape index (κ3) is 2.53. The first-order valence-corrected chi connectivity index (χ1v) is 7.31. The van der Waals surface area contributed by atoms with Gasteiger partial charge < -0.3 is 10.1 Å². The minimum Gasteiger partial charge on any atom is -0.457 e. The highest BCUT2D eigenvalue weighted by atomic mass is 16.5. The van der Waals surface area contributed by atoms with E-state index in [1.165, 1.54) is 0 Å². The zero-order valence-corrected chi connectivity index (χ0v) is 11.9. The number of ether oxygens (including phenoxy) is 1. The third-order valence-electron chi connectivity index (χ3n) is 3.70. The molecule has 1 aliphatic carbocycles. The Labute approximate surface area is 127 Å². The number of nitrogens with zero attached hydrogens (tertiary/aromatic N) is 1. The lowest BCUT2D eigenvalue weighted by atomic mass is 10.2. The first-order chi connectivity index (χ1) is 10.8. The summed E-state index contributed by atoms with van der Waals surface area (Å²) in [6, 6.07) is 15.3. The minimum absolute atomic E-state index is 0.0537. The van der Waals surface area contributed by atoms with E-state index in [-0.39, 0.29) is 11.8 Å². The summed E-state index contributed by atoms with van der Waals surface area (Å²) in [5.74, 6) is 2.30. The van der Waals surface area contributed by atoms with E-state index in [9.17, 15) is 4.79 Å². The van der Waals surface area contributed by atoms with Crippen molar-refractivity contribution < 1.29 is 9.53 Å². The van der Waals surface area contributed by atoms with E-state index in [2.05, 4.69) is 15.5 Å². The molecule has 3 aromatic rings. The second-order valence-electron chi connectivity index (χ2n) is 5.46. The van der Waals surface area contributed by atoms with E-state index in [1.54, 1.807) is 0 Å². The van der Waals surface area contributed by atoms with Gasteiger partial charge in [-0.05, 0) is 37.1 Å². The molecule has 2 N–H and O–H groups in total. The molecular weight excluding hydrogens is 278 g/mol. The van der Waals surface area contributed by atoms with Crippen LogP contribution in [0.1, 0.15) is 12.8 Å². The summed E-state index contributed by atoms with van der Waals surface area (Å²) in [6.45, 7) is 0. The normalized spacial score (nSPS) is 14.0. The number of hydrogen-bond acceptors (Lipinski definition) is 3. The van der Waals surface area contributed by atoms with Crippen molar-refractivity contribution in [1.82, 2.24) is 10.2 Å². The number of nitrogens with one attached hydrogen (secondary N) is 2. The van der Waals surface area contributed by atoms with Crippen molar-refractivity contribution in [2.24, 2.45) is 5.92 Å². The maximum Gasteiger partial charge on any atom is 0.228 e. The molecule has 1 fully saturated rings. The molecule has 0 unspecified atom stereocenters. The van der Waals surface area contributed by atoms with Crippen LogP contribution in [0.5, 0.6) is 11.5 Å². The van der Waals surface area contributed by atoms with Crippen molar-refractivity contribution in [1.29, 1.82) is 0 Å². The molecule has 110 valence electrons. The molecule has 5 nitrogen and oxygen atoms in total. The number of amides is 1. The fourth-order valence-electron chi connectivity index (χ4n) is 2.35. The van der Waals surface area contributed by atoms with E-state index in [0.717, 1.165) is 35.2 Å². The number of para-hydroxylation sites is 1. The molecule has 0 radical (unpaired) electrons. The molecule has 5 heteroatoms. The number of anilines is 1. The van der Waals surface area contributed by atoms with Gasteiger partial charge in [-0.1, -0.05) is 18.2 Å². The predicted molar refractivity (Wildman–Crippen MR) is 84.0 cm³/mol. The Morgan fingerprint density at radius 1 is 1.14 bits per heavy atom. The summed E-state index contributed by atoms with van der Waals surface area (Å²) in [7, 11) is 0. The molecule has 22 heavy (non-hydrogen) atoms. The number of rotatable bonds is 4. The Morgan fingerprint density at radius 3 is 2.73 bits per heavy atom. The topological polar surface area (TPSA) is 67.0 Å². The van der Waals surface area contributed by atoms with Gasteiger partial charge >= 0.3 is 0 Å².